The molecule has 0 aromatic heterocycles. The summed E-state index contributed by atoms with van der Waals surface area (Å²) in [5.74, 6) is -0.423. The van der Waals surface area contributed by atoms with Gasteiger partial charge < -0.3 is 10.2 Å². The largest absolute Gasteiger partial charge is 0.345 e. The molecule has 0 spiro atoms. The molecule has 0 radical (unpaired) electrons. The average molecular weight is 338 g/mol. The van der Waals surface area contributed by atoms with Crippen molar-refractivity contribution in [2.75, 3.05) is 24.6 Å². The van der Waals surface area contributed by atoms with Crippen molar-refractivity contribution in [3.05, 3.63) is 35.9 Å². The molecule has 2 rings (SSSR count). The van der Waals surface area contributed by atoms with Gasteiger partial charge in [0, 0.05) is 19.5 Å². The van der Waals surface area contributed by atoms with Gasteiger partial charge in [0.05, 0.1) is 11.5 Å². The molecule has 6 nitrogen and oxygen atoms in total. The van der Waals surface area contributed by atoms with E-state index in [0.29, 0.717) is 12.8 Å². The summed E-state index contributed by atoms with van der Waals surface area (Å²) in [6.45, 7) is 2.03. The lowest BCUT2D eigenvalue weighted by atomic mass is 10.1. The summed E-state index contributed by atoms with van der Waals surface area (Å²) < 4.78 is 22.8. The molecule has 1 unspecified atom stereocenters. The Labute approximate surface area is 136 Å². The van der Waals surface area contributed by atoms with Crippen molar-refractivity contribution in [2.24, 2.45) is 0 Å². The van der Waals surface area contributed by atoms with Crippen LogP contribution in [0.1, 0.15) is 18.9 Å². The zero-order valence-corrected chi connectivity index (χ0v) is 14.0. The van der Waals surface area contributed by atoms with Crippen molar-refractivity contribution in [2.45, 2.75) is 25.8 Å². The highest BCUT2D eigenvalue weighted by molar-refractivity contribution is 7.91. The Morgan fingerprint density at radius 3 is 2.39 bits per heavy atom. The van der Waals surface area contributed by atoms with Gasteiger partial charge in [-0.25, -0.2) is 8.42 Å². The minimum absolute atomic E-state index is 0.00653. The first-order chi connectivity index (χ1) is 10.9. The molecule has 1 heterocycles. The number of carbonyl (C=O) groups is 2. The molecule has 1 aromatic rings. The highest BCUT2D eigenvalue weighted by Crippen LogP contribution is 2.06. The first-order valence-corrected chi connectivity index (χ1v) is 9.52. The monoisotopic (exact) mass is 338 g/mol. The quantitative estimate of drug-likeness (QED) is 0.841. The van der Waals surface area contributed by atoms with Crippen molar-refractivity contribution in [1.29, 1.82) is 0 Å². The van der Waals surface area contributed by atoms with Gasteiger partial charge in [-0.3, -0.25) is 9.59 Å². The van der Waals surface area contributed by atoms with Crippen LogP contribution < -0.4 is 5.32 Å². The van der Waals surface area contributed by atoms with Crippen LogP contribution in [0.4, 0.5) is 0 Å². The molecule has 2 amide bonds. The Hall–Kier alpha value is -1.89. The fraction of sp³-hybridized carbons (Fsp3) is 0.500. The summed E-state index contributed by atoms with van der Waals surface area (Å²) in [7, 11) is -3.02. The Morgan fingerprint density at radius 2 is 1.78 bits per heavy atom. The second kappa shape index (κ2) is 7.59. The van der Waals surface area contributed by atoms with Crippen molar-refractivity contribution >= 4 is 21.7 Å². The number of hydrogen-bond acceptors (Lipinski definition) is 4. The minimum Gasteiger partial charge on any atom is -0.345 e. The topological polar surface area (TPSA) is 83.6 Å². The highest BCUT2D eigenvalue weighted by atomic mass is 32.2. The lowest BCUT2D eigenvalue weighted by molar-refractivity contribution is -0.135. The van der Waals surface area contributed by atoms with Gasteiger partial charge in [-0.1, -0.05) is 30.3 Å². The zero-order valence-electron chi connectivity index (χ0n) is 13.2. The molecule has 1 fully saturated rings. The van der Waals surface area contributed by atoms with Gasteiger partial charge in [-0.2, -0.15) is 0 Å². The van der Waals surface area contributed by atoms with Gasteiger partial charge in [0.15, 0.2) is 9.84 Å². The predicted octanol–water partition coefficient (Wildman–Crippen LogP) is 0.381. The van der Waals surface area contributed by atoms with Crippen LogP contribution in [0.3, 0.4) is 0 Å². The van der Waals surface area contributed by atoms with E-state index in [0.717, 1.165) is 5.56 Å². The molecule has 0 saturated carbocycles. The van der Waals surface area contributed by atoms with Gasteiger partial charge in [-0.05, 0) is 18.9 Å². The van der Waals surface area contributed by atoms with Crippen molar-refractivity contribution in [3.8, 4) is 0 Å². The number of carbonyl (C=O) groups excluding carboxylic acids is 2. The number of hydrogen-bond donors (Lipinski definition) is 1. The fourth-order valence-corrected chi connectivity index (χ4v) is 3.69. The normalized spacial score (nSPS) is 18.2. The lowest BCUT2D eigenvalue weighted by Gasteiger charge is -2.29. The molecule has 1 aromatic carbocycles. The van der Waals surface area contributed by atoms with Gasteiger partial charge in [-0.15, -0.1) is 0 Å². The predicted molar refractivity (Wildman–Crippen MR) is 87.6 cm³/mol. The Morgan fingerprint density at radius 1 is 1.17 bits per heavy atom. The van der Waals surface area contributed by atoms with E-state index in [1.165, 1.54) is 4.90 Å². The van der Waals surface area contributed by atoms with E-state index in [2.05, 4.69) is 5.32 Å². The van der Waals surface area contributed by atoms with Crippen LogP contribution >= 0.6 is 0 Å². The van der Waals surface area contributed by atoms with Crippen LogP contribution in [-0.4, -0.2) is 55.8 Å². The van der Waals surface area contributed by atoms with Gasteiger partial charge in [0.25, 0.3) is 0 Å². The molecule has 1 N–H and O–H groups in total. The van der Waals surface area contributed by atoms with Crippen LogP contribution in [0.25, 0.3) is 0 Å². The van der Waals surface area contributed by atoms with Crippen LogP contribution in [0, 0.1) is 0 Å². The summed E-state index contributed by atoms with van der Waals surface area (Å²) >= 11 is 0. The second-order valence-electron chi connectivity index (χ2n) is 5.75. The summed E-state index contributed by atoms with van der Waals surface area (Å²) in [6.07, 6.45) is 0.936. The van der Waals surface area contributed by atoms with Gasteiger partial charge in [0.1, 0.15) is 6.04 Å². The van der Waals surface area contributed by atoms with E-state index < -0.39 is 15.9 Å². The summed E-state index contributed by atoms with van der Waals surface area (Å²) in [5.41, 5.74) is 1.07. The first-order valence-electron chi connectivity index (χ1n) is 7.70. The van der Waals surface area contributed by atoms with Crippen LogP contribution in [0.15, 0.2) is 30.3 Å². The lowest BCUT2D eigenvalue weighted by Crippen LogP contribution is -2.51. The summed E-state index contributed by atoms with van der Waals surface area (Å²) in [4.78, 5) is 25.7. The van der Waals surface area contributed by atoms with Crippen LogP contribution in [-0.2, 0) is 25.8 Å². The van der Waals surface area contributed by atoms with E-state index in [4.69, 9.17) is 0 Å². The first kappa shape index (κ1) is 17.5. The SMILES string of the molecule is CC(NC(=O)CCc1ccccc1)C(=O)N1CCS(=O)(=O)CC1. The summed E-state index contributed by atoms with van der Waals surface area (Å²) in [5, 5.41) is 2.69. The Kier molecular flexibility index (Phi) is 5.76. The molecule has 1 aliphatic rings. The van der Waals surface area contributed by atoms with Crippen molar-refractivity contribution in [3.63, 3.8) is 0 Å². The molecular weight excluding hydrogens is 316 g/mol. The molecule has 1 aliphatic heterocycles. The maximum absolute atomic E-state index is 12.2. The maximum atomic E-state index is 12.2. The Balaban J connectivity index is 1.78. The number of nitrogens with one attached hydrogen (secondary N) is 1. The fourth-order valence-electron chi connectivity index (χ4n) is 2.48. The van der Waals surface area contributed by atoms with Crippen LogP contribution in [0.5, 0.6) is 0 Å². The molecule has 23 heavy (non-hydrogen) atoms. The zero-order chi connectivity index (χ0) is 16.9. The van der Waals surface area contributed by atoms with E-state index >= 15 is 0 Å². The number of aryl methyl sites for hydroxylation is 1. The molecule has 7 heteroatoms. The van der Waals surface area contributed by atoms with Crippen molar-refractivity contribution < 1.29 is 18.0 Å². The number of rotatable bonds is 5. The van der Waals surface area contributed by atoms with Gasteiger partial charge >= 0.3 is 0 Å². The molecular formula is C16H22N2O4S. The number of benzene rings is 1. The van der Waals surface area contributed by atoms with Crippen LogP contribution in [0.2, 0.25) is 0 Å². The molecule has 1 saturated heterocycles. The third kappa shape index (κ3) is 5.35. The molecule has 126 valence electrons. The van der Waals surface area contributed by atoms with Crippen molar-refractivity contribution in [1.82, 2.24) is 10.2 Å². The summed E-state index contributed by atoms with van der Waals surface area (Å²) in [6, 6.07) is 9.03. The second-order valence-corrected chi connectivity index (χ2v) is 8.06. The van der Waals surface area contributed by atoms with E-state index in [-0.39, 0.29) is 36.4 Å². The third-order valence-electron chi connectivity index (χ3n) is 3.89. The standard InChI is InChI=1S/C16H22N2O4S/c1-13(16(20)18-9-11-23(21,22)12-10-18)17-15(19)8-7-14-5-3-2-4-6-14/h2-6,13H,7-12H2,1H3,(H,17,19). The highest BCUT2D eigenvalue weighted by Gasteiger charge is 2.28. The number of sulfone groups is 1. The smallest absolute Gasteiger partial charge is 0.244 e. The maximum Gasteiger partial charge on any atom is 0.244 e. The average Bonchev–Trinajstić information content (AvgIpc) is 2.53. The van der Waals surface area contributed by atoms with E-state index in [1.54, 1.807) is 6.92 Å². The molecule has 0 bridgehead atoms. The number of nitrogens with zero attached hydrogens (tertiary/aromatic N) is 1. The van der Waals surface area contributed by atoms with E-state index in [1.807, 2.05) is 30.3 Å². The Bertz CT molecular complexity index is 644. The van der Waals surface area contributed by atoms with E-state index in [9.17, 15) is 18.0 Å². The number of amides is 2. The molecule has 0 aliphatic carbocycles. The van der Waals surface area contributed by atoms with Gasteiger partial charge in [0.2, 0.25) is 11.8 Å². The minimum atomic E-state index is -3.02. The third-order valence-corrected chi connectivity index (χ3v) is 5.50. The molecule has 1 atom stereocenters.